The summed E-state index contributed by atoms with van der Waals surface area (Å²) < 4.78 is 6.45. The Bertz CT molecular complexity index is 570. The van der Waals surface area contributed by atoms with E-state index in [2.05, 4.69) is 5.10 Å². The summed E-state index contributed by atoms with van der Waals surface area (Å²) in [6, 6.07) is 9.72. The van der Waals surface area contributed by atoms with Crippen LogP contribution < -0.4 is 0 Å². The molecule has 4 heteroatoms. The molecule has 0 spiro atoms. The predicted octanol–water partition coefficient (Wildman–Crippen LogP) is 2.45. The van der Waals surface area contributed by atoms with Gasteiger partial charge in [0.1, 0.15) is 0 Å². The van der Waals surface area contributed by atoms with Crippen molar-refractivity contribution in [3.63, 3.8) is 0 Å². The number of rotatable bonds is 3. The maximum atomic E-state index is 11.6. The fourth-order valence-corrected chi connectivity index (χ4v) is 1.70. The van der Waals surface area contributed by atoms with Gasteiger partial charge in [0.25, 0.3) is 0 Å². The van der Waals surface area contributed by atoms with Crippen molar-refractivity contribution in [2.24, 2.45) is 0 Å². The number of nitrogens with zero attached hydrogens (tertiary/aromatic N) is 2. The first-order valence-electron chi connectivity index (χ1n) is 5.61. The number of aromatic nitrogens is 2. The number of allylic oxidation sites excluding steroid dienone is 1. The molecule has 0 unspecified atom stereocenters. The smallest absolute Gasteiger partial charge is 0.338 e. The van der Waals surface area contributed by atoms with Crippen LogP contribution in [0.15, 0.2) is 48.8 Å². The topological polar surface area (TPSA) is 44.1 Å². The minimum atomic E-state index is -0.356. The minimum absolute atomic E-state index is 0.356. The van der Waals surface area contributed by atoms with Gasteiger partial charge >= 0.3 is 5.97 Å². The van der Waals surface area contributed by atoms with Crippen molar-refractivity contribution in [1.29, 1.82) is 0 Å². The van der Waals surface area contributed by atoms with E-state index >= 15 is 0 Å². The molecule has 1 heterocycles. The summed E-state index contributed by atoms with van der Waals surface area (Å²) in [6.45, 7) is 1.80. The zero-order chi connectivity index (χ0) is 13.0. The molecule has 0 N–H and O–H groups in total. The SMILES string of the molecule is C/C=C(/C(=O)OC)c1cnn(-c2ccccc2)c1. The third-order valence-corrected chi connectivity index (χ3v) is 2.61. The quantitative estimate of drug-likeness (QED) is 0.613. The van der Waals surface area contributed by atoms with Gasteiger partial charge in [-0.05, 0) is 19.1 Å². The van der Waals surface area contributed by atoms with E-state index in [1.54, 1.807) is 23.9 Å². The Hall–Kier alpha value is -2.36. The lowest BCUT2D eigenvalue weighted by Gasteiger charge is -2.01. The Morgan fingerprint density at radius 1 is 1.33 bits per heavy atom. The summed E-state index contributed by atoms with van der Waals surface area (Å²) in [5, 5.41) is 4.24. The number of esters is 1. The largest absolute Gasteiger partial charge is 0.465 e. The molecule has 2 aromatic rings. The number of benzene rings is 1. The normalized spacial score (nSPS) is 11.3. The molecule has 0 saturated carbocycles. The fraction of sp³-hybridized carbons (Fsp3) is 0.143. The highest BCUT2D eigenvalue weighted by Gasteiger charge is 2.13. The molecule has 0 fully saturated rings. The lowest BCUT2D eigenvalue weighted by Crippen LogP contribution is -2.02. The van der Waals surface area contributed by atoms with Crippen molar-refractivity contribution in [3.05, 3.63) is 54.4 Å². The van der Waals surface area contributed by atoms with Gasteiger partial charge in [-0.1, -0.05) is 24.3 Å². The molecule has 0 aliphatic rings. The second-order valence-electron chi connectivity index (χ2n) is 3.70. The van der Waals surface area contributed by atoms with E-state index in [9.17, 15) is 4.79 Å². The fourth-order valence-electron chi connectivity index (χ4n) is 1.70. The van der Waals surface area contributed by atoms with Gasteiger partial charge in [0, 0.05) is 11.8 Å². The lowest BCUT2D eigenvalue weighted by atomic mass is 10.1. The zero-order valence-corrected chi connectivity index (χ0v) is 10.3. The monoisotopic (exact) mass is 242 g/mol. The number of para-hydroxylation sites is 1. The predicted molar refractivity (Wildman–Crippen MR) is 69.2 cm³/mol. The average Bonchev–Trinajstić information content (AvgIpc) is 2.90. The maximum absolute atomic E-state index is 11.6. The van der Waals surface area contributed by atoms with Gasteiger partial charge < -0.3 is 4.74 Å². The van der Waals surface area contributed by atoms with E-state index in [0.29, 0.717) is 5.57 Å². The van der Waals surface area contributed by atoms with Gasteiger partial charge in [-0.3, -0.25) is 0 Å². The van der Waals surface area contributed by atoms with Crippen molar-refractivity contribution in [2.45, 2.75) is 6.92 Å². The summed E-state index contributed by atoms with van der Waals surface area (Å²) in [7, 11) is 1.37. The van der Waals surface area contributed by atoms with Crippen molar-refractivity contribution < 1.29 is 9.53 Å². The Morgan fingerprint density at radius 2 is 2.06 bits per heavy atom. The van der Waals surface area contributed by atoms with Crippen molar-refractivity contribution in [1.82, 2.24) is 9.78 Å². The molecule has 0 aliphatic carbocycles. The molecule has 4 nitrogen and oxygen atoms in total. The third-order valence-electron chi connectivity index (χ3n) is 2.61. The molecule has 0 amide bonds. The minimum Gasteiger partial charge on any atom is -0.465 e. The van der Waals surface area contributed by atoms with Crippen LogP contribution in [0.4, 0.5) is 0 Å². The van der Waals surface area contributed by atoms with E-state index in [4.69, 9.17) is 4.74 Å². The molecule has 0 atom stereocenters. The maximum Gasteiger partial charge on any atom is 0.338 e. The third kappa shape index (κ3) is 2.32. The van der Waals surface area contributed by atoms with E-state index in [0.717, 1.165) is 11.3 Å². The Kier molecular flexibility index (Phi) is 3.57. The molecule has 1 aromatic heterocycles. The molecule has 92 valence electrons. The second kappa shape index (κ2) is 5.31. The number of ether oxygens (including phenoxy) is 1. The highest BCUT2D eigenvalue weighted by atomic mass is 16.5. The van der Waals surface area contributed by atoms with Crippen molar-refractivity contribution in [2.75, 3.05) is 7.11 Å². The number of hydrogen-bond donors (Lipinski definition) is 0. The number of carbonyl (C=O) groups is 1. The van der Waals surface area contributed by atoms with E-state index in [1.807, 2.05) is 36.5 Å². The molecule has 0 saturated heterocycles. The summed E-state index contributed by atoms with van der Waals surface area (Å²) in [5.74, 6) is -0.356. The molecule has 0 bridgehead atoms. The van der Waals surface area contributed by atoms with Gasteiger partial charge in [0.15, 0.2) is 0 Å². The second-order valence-corrected chi connectivity index (χ2v) is 3.70. The molecule has 1 aromatic carbocycles. The van der Waals surface area contributed by atoms with Crippen LogP contribution >= 0.6 is 0 Å². The van der Waals surface area contributed by atoms with E-state index < -0.39 is 0 Å². The molecule has 0 aliphatic heterocycles. The van der Waals surface area contributed by atoms with Crippen LogP contribution in [0.1, 0.15) is 12.5 Å². The highest BCUT2D eigenvalue weighted by Crippen LogP contribution is 2.17. The van der Waals surface area contributed by atoms with Crippen LogP contribution in [0.3, 0.4) is 0 Å². The van der Waals surface area contributed by atoms with Crippen LogP contribution in [-0.2, 0) is 9.53 Å². The molecular weight excluding hydrogens is 228 g/mol. The summed E-state index contributed by atoms with van der Waals surface area (Å²) in [5.41, 5.74) is 2.21. The first-order valence-corrected chi connectivity index (χ1v) is 5.61. The lowest BCUT2D eigenvalue weighted by molar-refractivity contribution is -0.133. The van der Waals surface area contributed by atoms with Gasteiger partial charge in [0.05, 0.1) is 24.6 Å². The zero-order valence-electron chi connectivity index (χ0n) is 10.3. The number of carbonyl (C=O) groups excluding carboxylic acids is 1. The molecular formula is C14H14N2O2. The van der Waals surface area contributed by atoms with E-state index in [1.165, 1.54) is 7.11 Å². The van der Waals surface area contributed by atoms with Crippen LogP contribution in [0.25, 0.3) is 11.3 Å². The van der Waals surface area contributed by atoms with E-state index in [-0.39, 0.29) is 5.97 Å². The van der Waals surface area contributed by atoms with Gasteiger partial charge in [-0.25, -0.2) is 9.48 Å². The van der Waals surface area contributed by atoms with Crippen LogP contribution in [0, 0.1) is 0 Å². The van der Waals surface area contributed by atoms with Crippen LogP contribution in [0.5, 0.6) is 0 Å². The summed E-state index contributed by atoms with van der Waals surface area (Å²) in [6.07, 6.45) is 5.18. The summed E-state index contributed by atoms with van der Waals surface area (Å²) in [4.78, 5) is 11.6. The van der Waals surface area contributed by atoms with Gasteiger partial charge in [-0.2, -0.15) is 5.10 Å². The van der Waals surface area contributed by atoms with Crippen molar-refractivity contribution in [3.8, 4) is 5.69 Å². The highest BCUT2D eigenvalue weighted by molar-refractivity contribution is 6.16. The Labute approximate surface area is 106 Å². The Balaban J connectivity index is 2.34. The molecule has 2 rings (SSSR count). The molecule has 18 heavy (non-hydrogen) atoms. The standard InChI is InChI=1S/C14H14N2O2/c1-3-13(14(17)18-2)11-9-15-16(10-11)12-7-5-4-6-8-12/h3-10H,1-2H3/b13-3+. The first-order chi connectivity index (χ1) is 8.76. The van der Waals surface area contributed by atoms with Gasteiger partial charge in [-0.15, -0.1) is 0 Å². The Morgan fingerprint density at radius 3 is 2.67 bits per heavy atom. The van der Waals surface area contributed by atoms with Crippen molar-refractivity contribution >= 4 is 11.5 Å². The molecule has 0 radical (unpaired) electrons. The van der Waals surface area contributed by atoms with Crippen LogP contribution in [0.2, 0.25) is 0 Å². The first kappa shape index (κ1) is 12.1. The van der Waals surface area contributed by atoms with Gasteiger partial charge in [0.2, 0.25) is 0 Å². The number of hydrogen-bond acceptors (Lipinski definition) is 3. The van der Waals surface area contributed by atoms with Crippen LogP contribution in [-0.4, -0.2) is 22.9 Å². The average molecular weight is 242 g/mol. The number of methoxy groups -OCH3 is 1. The summed E-state index contributed by atoms with van der Waals surface area (Å²) >= 11 is 0.